The number of carbonyl (C=O) groups excluding carboxylic acids is 1. The van der Waals surface area contributed by atoms with Gasteiger partial charge in [-0.3, -0.25) is 4.79 Å². The maximum absolute atomic E-state index is 13.9. The van der Waals surface area contributed by atoms with E-state index in [0.29, 0.717) is 24.3 Å². The fourth-order valence-corrected chi connectivity index (χ4v) is 4.06. The first kappa shape index (κ1) is 24.2. The highest BCUT2D eigenvalue weighted by atomic mass is 19.1. The van der Waals surface area contributed by atoms with Crippen LogP contribution in [0.3, 0.4) is 0 Å². The van der Waals surface area contributed by atoms with Crippen LogP contribution in [0.2, 0.25) is 0 Å². The van der Waals surface area contributed by atoms with Crippen molar-refractivity contribution in [1.82, 2.24) is 5.32 Å². The molecule has 0 radical (unpaired) electrons. The van der Waals surface area contributed by atoms with Crippen molar-refractivity contribution in [3.63, 3.8) is 0 Å². The summed E-state index contributed by atoms with van der Waals surface area (Å²) in [6.07, 6.45) is -1.17. The second-order valence-corrected chi connectivity index (χ2v) is 8.35. The summed E-state index contributed by atoms with van der Waals surface area (Å²) in [5.74, 6) is -0.236. The maximum atomic E-state index is 13.9. The number of hydrogen-bond donors (Lipinski definition) is 3. The fourth-order valence-electron chi connectivity index (χ4n) is 4.06. The van der Waals surface area contributed by atoms with Gasteiger partial charge >= 0.3 is 0 Å². The topological polar surface area (TPSA) is 88.0 Å². The first-order chi connectivity index (χ1) is 15.3. The molecular weight excluding hydrogens is 413 g/mol. The Morgan fingerprint density at radius 2 is 1.97 bits per heavy atom. The van der Waals surface area contributed by atoms with E-state index >= 15 is 0 Å². The molecule has 0 aliphatic carbocycles. The van der Waals surface area contributed by atoms with Crippen LogP contribution in [-0.2, 0) is 16.0 Å². The number of aliphatic hydroxyl groups is 2. The zero-order chi connectivity index (χ0) is 23.3. The minimum atomic E-state index is -1.19. The van der Waals surface area contributed by atoms with E-state index < -0.39 is 18.5 Å². The molecule has 0 aromatic heterocycles. The van der Waals surface area contributed by atoms with E-state index in [1.54, 1.807) is 24.3 Å². The largest absolute Gasteiger partial charge is 0.462 e. The summed E-state index contributed by atoms with van der Waals surface area (Å²) < 4.78 is 25.8. The molecule has 0 unspecified atom stereocenters. The summed E-state index contributed by atoms with van der Waals surface area (Å²) in [5, 5.41) is 23.7. The van der Waals surface area contributed by atoms with Crippen molar-refractivity contribution in [2.75, 3.05) is 6.54 Å². The van der Waals surface area contributed by atoms with Crippen LogP contribution in [-0.4, -0.2) is 47.3 Å². The third kappa shape index (κ3) is 5.85. The second-order valence-electron chi connectivity index (χ2n) is 8.35. The number of amides is 1. The normalized spacial score (nSPS) is 25.4. The predicted octanol–water partition coefficient (Wildman–Crippen LogP) is 3.43. The lowest BCUT2D eigenvalue weighted by atomic mass is 9.88. The molecule has 0 saturated carbocycles. The van der Waals surface area contributed by atoms with Crippen molar-refractivity contribution in [1.29, 1.82) is 0 Å². The monoisotopic (exact) mass is 445 g/mol. The molecule has 1 aliphatic heterocycles. The van der Waals surface area contributed by atoms with Crippen LogP contribution in [0, 0.1) is 11.7 Å². The van der Waals surface area contributed by atoms with Gasteiger partial charge in [0.15, 0.2) is 0 Å². The lowest BCUT2D eigenvalue weighted by molar-refractivity contribution is -0.256. The van der Waals surface area contributed by atoms with Crippen LogP contribution < -0.4 is 10.1 Å². The number of ether oxygens (including phenoxy) is 2. The molecule has 2 aromatic carbocycles. The van der Waals surface area contributed by atoms with Gasteiger partial charge in [-0.05, 0) is 53.8 Å². The van der Waals surface area contributed by atoms with Crippen LogP contribution in [0.25, 0.3) is 11.1 Å². The van der Waals surface area contributed by atoms with E-state index in [9.17, 15) is 19.4 Å². The molecule has 7 heteroatoms. The van der Waals surface area contributed by atoms with Crippen molar-refractivity contribution >= 4 is 5.91 Å². The van der Waals surface area contributed by atoms with Crippen molar-refractivity contribution < 1.29 is 28.9 Å². The Morgan fingerprint density at radius 3 is 2.66 bits per heavy atom. The Bertz CT molecular complexity index is 921. The van der Waals surface area contributed by atoms with E-state index in [-0.39, 0.29) is 23.7 Å². The lowest BCUT2D eigenvalue weighted by Gasteiger charge is -2.41. The highest BCUT2D eigenvalue weighted by molar-refractivity contribution is 5.73. The molecule has 1 fully saturated rings. The maximum Gasteiger partial charge on any atom is 0.228 e. The molecule has 0 spiro atoms. The van der Waals surface area contributed by atoms with Crippen molar-refractivity contribution in [2.45, 2.75) is 64.6 Å². The van der Waals surface area contributed by atoms with Gasteiger partial charge in [0.25, 0.3) is 0 Å². The molecule has 6 nitrogen and oxygen atoms in total. The van der Waals surface area contributed by atoms with Crippen LogP contribution in [0.5, 0.6) is 5.75 Å². The summed E-state index contributed by atoms with van der Waals surface area (Å²) >= 11 is 0. The molecule has 174 valence electrons. The zero-order valence-corrected chi connectivity index (χ0v) is 18.8. The first-order valence-corrected chi connectivity index (χ1v) is 11.1. The third-order valence-electron chi connectivity index (χ3n) is 5.87. The molecule has 0 bridgehead atoms. The molecule has 2 aromatic rings. The van der Waals surface area contributed by atoms with Gasteiger partial charge in [0.05, 0.1) is 12.2 Å². The fraction of sp³-hybridized carbons (Fsp3) is 0.480. The molecule has 1 amide bonds. The van der Waals surface area contributed by atoms with Crippen molar-refractivity contribution in [2.24, 2.45) is 5.92 Å². The van der Waals surface area contributed by atoms with Gasteiger partial charge in [-0.1, -0.05) is 38.5 Å². The summed E-state index contributed by atoms with van der Waals surface area (Å²) in [6.45, 7) is 5.80. The van der Waals surface area contributed by atoms with Gasteiger partial charge in [-0.15, -0.1) is 0 Å². The van der Waals surface area contributed by atoms with Gasteiger partial charge < -0.3 is 25.0 Å². The number of rotatable bonds is 8. The third-order valence-corrected chi connectivity index (χ3v) is 5.87. The smallest absolute Gasteiger partial charge is 0.228 e. The zero-order valence-electron chi connectivity index (χ0n) is 18.8. The minimum Gasteiger partial charge on any atom is -0.462 e. The Hall–Kier alpha value is -2.48. The Kier molecular flexibility index (Phi) is 8.23. The Labute approximate surface area is 188 Å². The number of nitrogens with one attached hydrogen (secondary N) is 1. The standard InChI is InChI=1S/C25H32FNO5/c1-4-6-22-15(2)23(29)24(30)25(32-22)31-20-10-9-17(11-12-27-16(3)28)21(14-20)18-7-5-8-19(26)13-18/h5,7-10,13-15,22-25,29-30H,4,6,11-12H2,1-3H3,(H,27,28)/t15-,22+,23+,24+,25+/m0/s1. The van der Waals surface area contributed by atoms with E-state index in [4.69, 9.17) is 9.47 Å². The first-order valence-electron chi connectivity index (χ1n) is 11.1. The van der Waals surface area contributed by atoms with Crippen molar-refractivity contribution in [3.05, 3.63) is 53.8 Å². The summed E-state index contributed by atoms with van der Waals surface area (Å²) in [5.41, 5.74) is 2.35. The predicted molar refractivity (Wildman–Crippen MR) is 120 cm³/mol. The lowest BCUT2D eigenvalue weighted by Crippen LogP contribution is -2.55. The average Bonchev–Trinajstić information content (AvgIpc) is 2.76. The van der Waals surface area contributed by atoms with Gasteiger partial charge in [0, 0.05) is 19.4 Å². The summed E-state index contributed by atoms with van der Waals surface area (Å²) in [4.78, 5) is 11.2. The highest BCUT2D eigenvalue weighted by Gasteiger charge is 2.43. The Morgan fingerprint density at radius 1 is 1.19 bits per heavy atom. The van der Waals surface area contributed by atoms with Crippen LogP contribution in [0.15, 0.2) is 42.5 Å². The van der Waals surface area contributed by atoms with E-state index in [1.807, 2.05) is 19.9 Å². The molecule has 3 N–H and O–H groups in total. The number of hydrogen-bond acceptors (Lipinski definition) is 5. The van der Waals surface area contributed by atoms with Gasteiger partial charge in [0.2, 0.25) is 12.2 Å². The molecular formula is C25H32FNO5. The number of benzene rings is 2. The highest BCUT2D eigenvalue weighted by Crippen LogP contribution is 2.33. The van der Waals surface area contributed by atoms with Gasteiger partial charge in [0.1, 0.15) is 17.7 Å². The summed E-state index contributed by atoms with van der Waals surface area (Å²) in [6, 6.07) is 11.6. The molecule has 1 heterocycles. The molecule has 32 heavy (non-hydrogen) atoms. The number of halogens is 1. The summed E-state index contributed by atoms with van der Waals surface area (Å²) in [7, 11) is 0. The molecule has 3 rings (SSSR count). The van der Waals surface area contributed by atoms with E-state index in [1.165, 1.54) is 19.1 Å². The van der Waals surface area contributed by atoms with Gasteiger partial charge in [-0.25, -0.2) is 4.39 Å². The molecule has 1 saturated heterocycles. The minimum absolute atomic E-state index is 0.116. The average molecular weight is 446 g/mol. The van der Waals surface area contributed by atoms with Gasteiger partial charge in [-0.2, -0.15) is 0 Å². The molecule has 5 atom stereocenters. The quantitative estimate of drug-likeness (QED) is 0.579. The van der Waals surface area contributed by atoms with E-state index in [0.717, 1.165) is 24.0 Å². The second kappa shape index (κ2) is 10.9. The SMILES string of the molecule is CCC[C@H]1O[C@@H](Oc2ccc(CCNC(C)=O)c(-c3cccc(F)c3)c2)[C@H](O)[C@H](O)[C@H]1C. The number of carbonyl (C=O) groups is 1. The van der Waals surface area contributed by atoms with Crippen LogP contribution in [0.4, 0.5) is 4.39 Å². The number of aliphatic hydroxyl groups excluding tert-OH is 2. The van der Waals surface area contributed by atoms with Crippen molar-refractivity contribution in [3.8, 4) is 16.9 Å². The Balaban J connectivity index is 1.86. The van der Waals surface area contributed by atoms with E-state index in [2.05, 4.69) is 5.32 Å². The van der Waals surface area contributed by atoms with Crippen LogP contribution in [0.1, 0.15) is 39.2 Å². The molecule has 1 aliphatic rings. The van der Waals surface area contributed by atoms with Crippen LogP contribution >= 0.6 is 0 Å².